The smallest absolute Gasteiger partial charge is 0.323 e. The molecule has 2 N–H and O–H groups in total. The fourth-order valence-electron chi connectivity index (χ4n) is 1.80. The Bertz CT molecular complexity index is 343. The third-order valence-corrected chi connectivity index (χ3v) is 3.24. The number of nitrogens with zero attached hydrogens (tertiary/aromatic N) is 3. The Labute approximate surface area is 97.3 Å². The Morgan fingerprint density at radius 3 is 3.31 bits per heavy atom. The van der Waals surface area contributed by atoms with Crippen LogP contribution in [0.15, 0.2) is 5.51 Å². The Balaban J connectivity index is 1.89. The summed E-state index contributed by atoms with van der Waals surface area (Å²) in [5.41, 5.74) is 1.57. The molecule has 0 aliphatic carbocycles. The van der Waals surface area contributed by atoms with Gasteiger partial charge in [0.1, 0.15) is 5.51 Å². The molecule has 0 saturated carbocycles. The molecule has 1 aliphatic rings. The summed E-state index contributed by atoms with van der Waals surface area (Å²) in [6.45, 7) is 1.49. The van der Waals surface area contributed by atoms with Crippen molar-refractivity contribution in [3.05, 3.63) is 5.51 Å². The van der Waals surface area contributed by atoms with Crippen LogP contribution in [0.2, 0.25) is 0 Å². The van der Waals surface area contributed by atoms with Gasteiger partial charge in [0, 0.05) is 19.7 Å². The Hall–Kier alpha value is -1.21. The SMILES string of the molecule is O=C(Nc1nncs1)N1CCCC(CO)C1. The van der Waals surface area contributed by atoms with Crippen molar-refractivity contribution in [2.45, 2.75) is 12.8 Å². The van der Waals surface area contributed by atoms with Crippen LogP contribution in [0.3, 0.4) is 0 Å². The molecule has 1 aliphatic heterocycles. The van der Waals surface area contributed by atoms with Crippen LogP contribution in [-0.4, -0.2) is 45.9 Å². The van der Waals surface area contributed by atoms with Crippen LogP contribution >= 0.6 is 11.3 Å². The lowest BCUT2D eigenvalue weighted by Crippen LogP contribution is -2.43. The van der Waals surface area contributed by atoms with Gasteiger partial charge in [-0.3, -0.25) is 5.32 Å². The van der Waals surface area contributed by atoms with Crippen molar-refractivity contribution in [3.63, 3.8) is 0 Å². The van der Waals surface area contributed by atoms with Crippen LogP contribution in [0, 0.1) is 5.92 Å². The summed E-state index contributed by atoms with van der Waals surface area (Å²) in [7, 11) is 0. The van der Waals surface area contributed by atoms with Gasteiger partial charge >= 0.3 is 6.03 Å². The fraction of sp³-hybridized carbons (Fsp3) is 0.667. The molecule has 2 heterocycles. The van der Waals surface area contributed by atoms with Gasteiger partial charge in [-0.15, -0.1) is 10.2 Å². The van der Waals surface area contributed by atoms with Crippen molar-refractivity contribution in [1.82, 2.24) is 15.1 Å². The zero-order valence-electron chi connectivity index (χ0n) is 8.80. The van der Waals surface area contributed by atoms with E-state index in [1.54, 1.807) is 10.4 Å². The molecule has 6 nitrogen and oxygen atoms in total. The van der Waals surface area contributed by atoms with E-state index in [1.807, 2.05) is 0 Å². The molecule has 0 bridgehead atoms. The van der Waals surface area contributed by atoms with Gasteiger partial charge in [0.25, 0.3) is 0 Å². The number of urea groups is 1. The van der Waals surface area contributed by atoms with E-state index in [4.69, 9.17) is 5.11 Å². The van der Waals surface area contributed by atoms with Gasteiger partial charge in [0.05, 0.1) is 0 Å². The standard InChI is InChI=1S/C9H14N4O2S/c14-5-7-2-1-3-13(4-7)9(15)11-8-12-10-6-16-8/h6-7,14H,1-5H2,(H,11,12,15). The number of aliphatic hydroxyl groups excluding tert-OH is 1. The topological polar surface area (TPSA) is 78.4 Å². The molecule has 1 atom stereocenters. The van der Waals surface area contributed by atoms with Gasteiger partial charge < -0.3 is 10.0 Å². The van der Waals surface area contributed by atoms with E-state index in [-0.39, 0.29) is 18.6 Å². The Morgan fingerprint density at radius 1 is 1.75 bits per heavy atom. The summed E-state index contributed by atoms with van der Waals surface area (Å²) in [6, 6.07) is -0.157. The summed E-state index contributed by atoms with van der Waals surface area (Å²) < 4.78 is 0. The molecular formula is C9H14N4O2S. The second-order valence-corrected chi connectivity index (χ2v) is 4.64. The number of rotatable bonds is 2. The lowest BCUT2D eigenvalue weighted by atomic mass is 9.99. The van der Waals surface area contributed by atoms with Gasteiger partial charge in [-0.05, 0) is 18.8 Å². The van der Waals surface area contributed by atoms with E-state index in [9.17, 15) is 4.79 Å². The maximum Gasteiger partial charge on any atom is 0.323 e. The highest BCUT2D eigenvalue weighted by Crippen LogP contribution is 2.17. The van der Waals surface area contributed by atoms with Crippen molar-refractivity contribution in [2.75, 3.05) is 25.0 Å². The number of piperidine rings is 1. The normalized spacial score (nSPS) is 20.8. The number of hydrogen-bond acceptors (Lipinski definition) is 5. The molecule has 2 amide bonds. The largest absolute Gasteiger partial charge is 0.396 e. The highest BCUT2D eigenvalue weighted by Gasteiger charge is 2.23. The first-order valence-corrected chi connectivity index (χ1v) is 6.10. The van der Waals surface area contributed by atoms with E-state index >= 15 is 0 Å². The molecule has 1 unspecified atom stereocenters. The summed E-state index contributed by atoms with van der Waals surface area (Å²) in [5, 5.41) is 19.7. The highest BCUT2D eigenvalue weighted by molar-refractivity contribution is 7.13. The molecule has 0 aromatic carbocycles. The molecule has 7 heteroatoms. The lowest BCUT2D eigenvalue weighted by molar-refractivity contribution is 0.136. The van der Waals surface area contributed by atoms with E-state index in [0.717, 1.165) is 19.4 Å². The van der Waals surface area contributed by atoms with Gasteiger partial charge in [0.15, 0.2) is 0 Å². The number of amides is 2. The zero-order valence-corrected chi connectivity index (χ0v) is 9.61. The predicted molar refractivity (Wildman–Crippen MR) is 60.3 cm³/mol. The molecular weight excluding hydrogens is 228 g/mol. The number of carbonyl (C=O) groups is 1. The Morgan fingerprint density at radius 2 is 2.62 bits per heavy atom. The number of likely N-dealkylation sites (tertiary alicyclic amines) is 1. The van der Waals surface area contributed by atoms with Crippen LogP contribution in [0.1, 0.15) is 12.8 Å². The number of aliphatic hydroxyl groups is 1. The minimum absolute atomic E-state index is 0.141. The number of nitrogens with one attached hydrogen (secondary N) is 1. The summed E-state index contributed by atoms with van der Waals surface area (Å²) >= 11 is 1.29. The molecule has 1 fully saturated rings. The first-order chi connectivity index (χ1) is 7.79. The molecule has 0 radical (unpaired) electrons. The average Bonchev–Trinajstić information content (AvgIpc) is 2.82. The molecule has 0 spiro atoms. The number of anilines is 1. The van der Waals surface area contributed by atoms with Crippen molar-refractivity contribution in [3.8, 4) is 0 Å². The van der Waals surface area contributed by atoms with Crippen LogP contribution in [0.5, 0.6) is 0 Å². The molecule has 88 valence electrons. The predicted octanol–water partition coefficient (Wildman–Crippen LogP) is 0.774. The molecule has 2 rings (SSSR count). The van der Waals surface area contributed by atoms with Crippen LogP contribution < -0.4 is 5.32 Å². The maximum atomic E-state index is 11.8. The van der Waals surface area contributed by atoms with Gasteiger partial charge in [-0.25, -0.2) is 4.79 Å². The monoisotopic (exact) mass is 242 g/mol. The Kier molecular flexibility index (Phi) is 3.68. The van der Waals surface area contributed by atoms with Crippen LogP contribution in [-0.2, 0) is 0 Å². The average molecular weight is 242 g/mol. The number of carbonyl (C=O) groups excluding carboxylic acids is 1. The van der Waals surface area contributed by atoms with Crippen molar-refractivity contribution >= 4 is 22.5 Å². The summed E-state index contributed by atoms with van der Waals surface area (Å²) in [6.07, 6.45) is 1.92. The number of aromatic nitrogens is 2. The summed E-state index contributed by atoms with van der Waals surface area (Å²) in [4.78, 5) is 13.5. The second kappa shape index (κ2) is 5.22. The van der Waals surface area contributed by atoms with Crippen molar-refractivity contribution < 1.29 is 9.90 Å². The third-order valence-electron chi connectivity index (χ3n) is 2.64. The minimum Gasteiger partial charge on any atom is -0.396 e. The first-order valence-electron chi connectivity index (χ1n) is 5.22. The lowest BCUT2D eigenvalue weighted by Gasteiger charge is -2.31. The quantitative estimate of drug-likeness (QED) is 0.803. The van der Waals surface area contributed by atoms with Gasteiger partial charge in [-0.1, -0.05) is 11.3 Å². The molecule has 1 aromatic heterocycles. The molecule has 16 heavy (non-hydrogen) atoms. The minimum atomic E-state index is -0.157. The maximum absolute atomic E-state index is 11.8. The van der Waals surface area contributed by atoms with E-state index < -0.39 is 0 Å². The van der Waals surface area contributed by atoms with Crippen LogP contribution in [0.25, 0.3) is 0 Å². The van der Waals surface area contributed by atoms with E-state index in [1.165, 1.54) is 11.3 Å². The first kappa shape index (κ1) is 11.3. The fourth-order valence-corrected chi connectivity index (χ4v) is 2.23. The number of hydrogen-bond donors (Lipinski definition) is 2. The highest BCUT2D eigenvalue weighted by atomic mass is 32.1. The third kappa shape index (κ3) is 2.67. The second-order valence-electron chi connectivity index (χ2n) is 3.81. The van der Waals surface area contributed by atoms with Crippen LogP contribution in [0.4, 0.5) is 9.93 Å². The summed E-state index contributed by atoms with van der Waals surface area (Å²) in [5.74, 6) is 0.203. The molecule has 1 saturated heterocycles. The zero-order chi connectivity index (χ0) is 11.4. The van der Waals surface area contributed by atoms with Gasteiger partial charge in [0.2, 0.25) is 5.13 Å². The van der Waals surface area contributed by atoms with Gasteiger partial charge in [-0.2, -0.15) is 0 Å². The van der Waals surface area contributed by atoms with Crippen molar-refractivity contribution in [1.29, 1.82) is 0 Å². The van der Waals surface area contributed by atoms with Crippen molar-refractivity contribution in [2.24, 2.45) is 5.92 Å². The molecule has 1 aromatic rings. The van der Waals surface area contributed by atoms with E-state index in [2.05, 4.69) is 15.5 Å². The van der Waals surface area contributed by atoms with E-state index in [0.29, 0.717) is 11.7 Å².